The molecule has 0 saturated carbocycles. The molecule has 0 atom stereocenters. The van der Waals surface area contributed by atoms with E-state index in [2.05, 4.69) is 0 Å². The van der Waals surface area contributed by atoms with Gasteiger partial charge in [-0.25, -0.2) is 0 Å². The zero-order chi connectivity index (χ0) is 17.3. The lowest BCUT2D eigenvalue weighted by atomic mass is 9.94. The third kappa shape index (κ3) is 1.48. The van der Waals surface area contributed by atoms with Crippen LogP contribution in [0.1, 0.15) is 5.56 Å². The van der Waals surface area contributed by atoms with E-state index < -0.39 is 28.0 Å². The topological polar surface area (TPSA) is 114 Å². The Morgan fingerprint density at radius 2 is 1.62 bits per heavy atom. The first kappa shape index (κ1) is 14.3. The smallest absolute Gasteiger partial charge is 0.290 e. The Labute approximate surface area is 132 Å². The SMILES string of the molecule is COc1cc2oc(O)c3c(C)cc(=O)c4c(=O)c(O)c(c1=O)c2c34. The highest BCUT2D eigenvalue weighted by molar-refractivity contribution is 6.24. The number of hydrogen-bond acceptors (Lipinski definition) is 7. The highest BCUT2D eigenvalue weighted by Crippen LogP contribution is 2.40. The largest absolute Gasteiger partial charge is 0.504 e. The first-order valence-electron chi connectivity index (χ1n) is 6.98. The first-order valence-corrected chi connectivity index (χ1v) is 6.98. The fourth-order valence-corrected chi connectivity index (χ4v) is 3.25. The average Bonchev–Trinajstić information content (AvgIpc) is 2.52. The maximum atomic E-state index is 12.5. The Hall–Kier alpha value is -3.35. The second-order valence-corrected chi connectivity index (χ2v) is 5.56. The van der Waals surface area contributed by atoms with E-state index in [0.717, 1.165) is 0 Å². The lowest BCUT2D eigenvalue weighted by Crippen LogP contribution is -2.17. The molecule has 0 aliphatic rings. The van der Waals surface area contributed by atoms with Crippen LogP contribution in [0.3, 0.4) is 0 Å². The van der Waals surface area contributed by atoms with E-state index in [1.54, 1.807) is 6.92 Å². The quantitative estimate of drug-likeness (QED) is 0.508. The zero-order valence-corrected chi connectivity index (χ0v) is 12.6. The van der Waals surface area contributed by atoms with E-state index in [4.69, 9.17) is 9.15 Å². The van der Waals surface area contributed by atoms with Gasteiger partial charge in [-0.3, -0.25) is 14.4 Å². The van der Waals surface area contributed by atoms with Crippen molar-refractivity contribution in [2.24, 2.45) is 0 Å². The van der Waals surface area contributed by atoms with Gasteiger partial charge < -0.3 is 19.4 Å². The molecule has 0 radical (unpaired) electrons. The van der Waals surface area contributed by atoms with Crippen LogP contribution in [0.15, 0.2) is 30.9 Å². The van der Waals surface area contributed by atoms with Crippen molar-refractivity contribution in [3.8, 4) is 17.4 Å². The first-order chi connectivity index (χ1) is 11.4. The molecule has 0 unspecified atom stereocenters. The Bertz CT molecular complexity index is 1320. The van der Waals surface area contributed by atoms with E-state index in [1.807, 2.05) is 0 Å². The van der Waals surface area contributed by atoms with Crippen molar-refractivity contribution in [2.45, 2.75) is 6.92 Å². The van der Waals surface area contributed by atoms with Crippen molar-refractivity contribution < 1.29 is 19.4 Å². The van der Waals surface area contributed by atoms with E-state index in [1.165, 1.54) is 19.2 Å². The summed E-state index contributed by atoms with van der Waals surface area (Å²) in [6.07, 6.45) is 0. The highest BCUT2D eigenvalue weighted by atomic mass is 16.5. The van der Waals surface area contributed by atoms with Gasteiger partial charge in [-0.05, 0) is 18.6 Å². The fraction of sp³-hybridized carbons (Fsp3) is 0.118. The summed E-state index contributed by atoms with van der Waals surface area (Å²) in [6.45, 7) is 1.57. The molecule has 0 saturated heterocycles. The van der Waals surface area contributed by atoms with Gasteiger partial charge in [0, 0.05) is 16.8 Å². The minimum atomic E-state index is -0.963. The number of hydrogen-bond donors (Lipinski definition) is 2. The van der Waals surface area contributed by atoms with Crippen LogP contribution >= 0.6 is 0 Å². The molecule has 0 aliphatic heterocycles. The lowest BCUT2D eigenvalue weighted by molar-refractivity contribution is 0.346. The van der Waals surface area contributed by atoms with Crippen LogP contribution < -0.4 is 21.0 Å². The summed E-state index contributed by atoms with van der Waals surface area (Å²) in [6, 6.07) is 2.43. The summed E-state index contributed by atoms with van der Waals surface area (Å²) < 4.78 is 10.3. The third-order valence-corrected chi connectivity index (χ3v) is 4.27. The maximum absolute atomic E-state index is 12.5. The standard InChI is InChI=1S/C17H10O7/c1-5-3-6(18)10-12-9(5)17(22)24-7-4-8(23-2)14(19)13(11(7)12)16(21)15(10)20/h3-4,21-22H,1-2H3. The van der Waals surface area contributed by atoms with Gasteiger partial charge >= 0.3 is 0 Å². The van der Waals surface area contributed by atoms with E-state index in [0.29, 0.717) is 5.56 Å². The van der Waals surface area contributed by atoms with Crippen molar-refractivity contribution in [2.75, 3.05) is 7.11 Å². The maximum Gasteiger partial charge on any atom is 0.290 e. The molecular formula is C17H10O7. The monoisotopic (exact) mass is 326 g/mol. The van der Waals surface area contributed by atoms with E-state index >= 15 is 0 Å². The molecule has 0 amide bonds. The number of rotatable bonds is 1. The molecule has 0 bridgehead atoms. The van der Waals surface area contributed by atoms with Gasteiger partial charge in [-0.1, -0.05) is 0 Å². The van der Waals surface area contributed by atoms with Crippen LogP contribution in [0.5, 0.6) is 17.4 Å². The predicted molar refractivity (Wildman–Crippen MR) is 87.0 cm³/mol. The molecule has 4 rings (SSSR count). The van der Waals surface area contributed by atoms with Gasteiger partial charge in [0.05, 0.1) is 23.3 Å². The number of phenolic OH excluding ortho intramolecular Hbond substituents is 1. The number of phenols is 1. The normalized spacial score (nSPS) is 11.8. The summed E-state index contributed by atoms with van der Waals surface area (Å²) in [5.41, 5.74) is -1.84. The second kappa shape index (κ2) is 4.35. The molecule has 0 fully saturated rings. The highest BCUT2D eigenvalue weighted by Gasteiger charge is 2.26. The third-order valence-electron chi connectivity index (χ3n) is 4.27. The van der Waals surface area contributed by atoms with Crippen LogP contribution in [-0.4, -0.2) is 17.3 Å². The molecule has 0 aliphatic carbocycles. The summed E-state index contributed by atoms with van der Waals surface area (Å²) in [5, 5.41) is 20.2. The number of ether oxygens (including phenoxy) is 1. The minimum absolute atomic E-state index is 0.0248. The number of aromatic hydroxyl groups is 2. The molecule has 0 spiro atoms. The Kier molecular flexibility index (Phi) is 2.58. The van der Waals surface area contributed by atoms with Crippen molar-refractivity contribution >= 4 is 32.5 Å². The molecule has 120 valence electrons. The Balaban J connectivity index is 2.59. The van der Waals surface area contributed by atoms with Gasteiger partial charge in [0.2, 0.25) is 10.9 Å². The number of benzene rings is 3. The zero-order valence-electron chi connectivity index (χ0n) is 12.6. The van der Waals surface area contributed by atoms with Crippen LogP contribution in [0.2, 0.25) is 0 Å². The molecule has 24 heavy (non-hydrogen) atoms. The van der Waals surface area contributed by atoms with Crippen molar-refractivity contribution in [1.82, 2.24) is 0 Å². The van der Waals surface area contributed by atoms with Crippen molar-refractivity contribution in [3.63, 3.8) is 0 Å². The van der Waals surface area contributed by atoms with Crippen molar-refractivity contribution in [1.29, 1.82) is 0 Å². The second-order valence-electron chi connectivity index (χ2n) is 5.56. The molecule has 4 aromatic rings. The Morgan fingerprint density at radius 1 is 0.917 bits per heavy atom. The molecule has 7 nitrogen and oxygen atoms in total. The van der Waals surface area contributed by atoms with Crippen LogP contribution in [0.25, 0.3) is 32.5 Å². The molecule has 2 N–H and O–H groups in total. The van der Waals surface area contributed by atoms with Crippen LogP contribution in [-0.2, 0) is 0 Å². The van der Waals surface area contributed by atoms with Crippen LogP contribution in [0.4, 0.5) is 0 Å². The molecule has 7 heteroatoms. The summed E-state index contributed by atoms with van der Waals surface area (Å²) >= 11 is 0. The van der Waals surface area contributed by atoms with E-state index in [9.17, 15) is 24.6 Å². The summed E-state index contributed by atoms with van der Waals surface area (Å²) in [7, 11) is 1.25. The minimum Gasteiger partial charge on any atom is -0.504 e. The molecular weight excluding hydrogens is 316 g/mol. The average molecular weight is 326 g/mol. The summed E-state index contributed by atoms with van der Waals surface area (Å²) in [5.74, 6) is -1.48. The predicted octanol–water partition coefficient (Wildman–Crippen LogP) is 1.42. The van der Waals surface area contributed by atoms with Gasteiger partial charge in [0.15, 0.2) is 16.9 Å². The van der Waals surface area contributed by atoms with Gasteiger partial charge in [0.25, 0.3) is 5.95 Å². The molecule has 1 heterocycles. The fourth-order valence-electron chi connectivity index (χ4n) is 3.25. The van der Waals surface area contributed by atoms with Crippen molar-refractivity contribution in [3.05, 3.63) is 48.4 Å². The van der Waals surface area contributed by atoms with Gasteiger partial charge in [-0.2, -0.15) is 0 Å². The summed E-state index contributed by atoms with van der Waals surface area (Å²) in [4.78, 5) is 37.2. The number of methoxy groups -OCH3 is 1. The molecule has 1 aromatic heterocycles. The lowest BCUT2D eigenvalue weighted by Gasteiger charge is -2.13. The molecule has 3 aromatic carbocycles. The van der Waals surface area contributed by atoms with Crippen LogP contribution in [0, 0.1) is 6.92 Å². The Morgan fingerprint density at radius 3 is 2.29 bits per heavy atom. The van der Waals surface area contributed by atoms with Gasteiger partial charge in [-0.15, -0.1) is 0 Å². The van der Waals surface area contributed by atoms with E-state index in [-0.39, 0.29) is 38.3 Å². The van der Waals surface area contributed by atoms with Gasteiger partial charge in [0.1, 0.15) is 5.58 Å². The number of aryl methyl sites for hydroxylation is 1.